The maximum Gasteiger partial charge on any atom is 0.253 e. The fourth-order valence-electron chi connectivity index (χ4n) is 4.09. The van der Waals surface area contributed by atoms with Crippen molar-refractivity contribution < 1.29 is 9.53 Å². The molecule has 0 aliphatic carbocycles. The number of carbonyl (C=O) groups excluding carboxylic acids is 1. The Kier molecular flexibility index (Phi) is 5.40. The second-order valence-corrected chi connectivity index (χ2v) is 9.31. The van der Waals surface area contributed by atoms with Gasteiger partial charge < -0.3 is 15.0 Å². The Balaban J connectivity index is 1.57. The summed E-state index contributed by atoms with van der Waals surface area (Å²) in [7, 11) is 1.74. The smallest absolute Gasteiger partial charge is 0.253 e. The SMILES string of the molecule is COC1CCN(c2cc(C(=O)NC(C)c3ncn[nH]3)cn3c(-c4ccc(C)s4)cnc23)C1. The number of hydrogen-bond donors (Lipinski definition) is 2. The lowest BCUT2D eigenvalue weighted by Gasteiger charge is -2.21. The van der Waals surface area contributed by atoms with Gasteiger partial charge in [0.25, 0.3) is 5.91 Å². The third-order valence-electron chi connectivity index (χ3n) is 5.85. The highest BCUT2D eigenvalue weighted by atomic mass is 32.1. The largest absolute Gasteiger partial charge is 0.380 e. The van der Waals surface area contributed by atoms with Gasteiger partial charge in [0.15, 0.2) is 5.65 Å². The number of nitrogens with one attached hydrogen (secondary N) is 2. The minimum Gasteiger partial charge on any atom is -0.380 e. The molecule has 0 radical (unpaired) electrons. The number of aromatic amines is 1. The second kappa shape index (κ2) is 8.36. The number of H-pyrrole nitrogens is 1. The van der Waals surface area contributed by atoms with Crippen LogP contribution in [0.4, 0.5) is 5.69 Å². The molecule has 0 saturated carbocycles. The number of amides is 1. The number of rotatable bonds is 6. The lowest BCUT2D eigenvalue weighted by atomic mass is 10.2. The summed E-state index contributed by atoms with van der Waals surface area (Å²) in [6, 6.07) is 5.82. The average molecular weight is 452 g/mol. The van der Waals surface area contributed by atoms with E-state index in [0.717, 1.165) is 41.4 Å². The number of aromatic nitrogens is 5. The highest BCUT2D eigenvalue weighted by Crippen LogP contribution is 2.33. The van der Waals surface area contributed by atoms with Crippen LogP contribution in [0.25, 0.3) is 16.2 Å². The van der Waals surface area contributed by atoms with Crippen LogP contribution in [-0.4, -0.2) is 56.8 Å². The molecule has 0 aromatic carbocycles. The van der Waals surface area contributed by atoms with Crippen LogP contribution in [-0.2, 0) is 4.74 Å². The fourth-order valence-corrected chi connectivity index (χ4v) is 4.97. The quantitative estimate of drug-likeness (QED) is 0.467. The van der Waals surface area contributed by atoms with Crippen LogP contribution in [0.1, 0.15) is 40.4 Å². The number of hydrogen-bond acceptors (Lipinski definition) is 7. The number of fused-ring (bicyclic) bond motifs is 1. The first-order valence-corrected chi connectivity index (χ1v) is 11.4. The highest BCUT2D eigenvalue weighted by Gasteiger charge is 2.26. The maximum atomic E-state index is 13.2. The Labute approximate surface area is 189 Å². The van der Waals surface area contributed by atoms with Gasteiger partial charge in [0.2, 0.25) is 0 Å². The zero-order chi connectivity index (χ0) is 22.2. The van der Waals surface area contributed by atoms with E-state index in [1.165, 1.54) is 11.2 Å². The molecule has 1 saturated heterocycles. The Morgan fingerprint density at radius 2 is 2.25 bits per heavy atom. The third-order valence-corrected chi connectivity index (χ3v) is 6.87. The van der Waals surface area contributed by atoms with Gasteiger partial charge in [-0.1, -0.05) is 0 Å². The van der Waals surface area contributed by atoms with E-state index in [2.05, 4.69) is 44.5 Å². The minimum absolute atomic E-state index is 0.174. The van der Waals surface area contributed by atoms with Crippen molar-refractivity contribution in [2.45, 2.75) is 32.4 Å². The molecule has 0 bridgehead atoms. The fraction of sp³-hybridized carbons (Fsp3) is 0.364. The van der Waals surface area contributed by atoms with E-state index >= 15 is 0 Å². The number of ether oxygens (including phenoxy) is 1. The molecule has 1 amide bonds. The Morgan fingerprint density at radius 1 is 1.38 bits per heavy atom. The molecule has 5 rings (SSSR count). The predicted molar refractivity (Wildman–Crippen MR) is 123 cm³/mol. The monoisotopic (exact) mass is 451 g/mol. The molecule has 1 fully saturated rings. The molecule has 4 aromatic heterocycles. The lowest BCUT2D eigenvalue weighted by Crippen LogP contribution is -2.28. The average Bonchev–Trinajstić information content (AvgIpc) is 3.59. The number of carbonyl (C=O) groups is 1. The molecule has 4 aromatic rings. The number of thiophene rings is 1. The second-order valence-electron chi connectivity index (χ2n) is 8.02. The van der Waals surface area contributed by atoms with E-state index in [9.17, 15) is 4.79 Å². The maximum absolute atomic E-state index is 13.2. The van der Waals surface area contributed by atoms with Gasteiger partial charge in [0, 0.05) is 31.3 Å². The third kappa shape index (κ3) is 3.76. The summed E-state index contributed by atoms with van der Waals surface area (Å²) in [5.41, 5.74) is 3.30. The molecule has 2 unspecified atom stereocenters. The van der Waals surface area contributed by atoms with E-state index < -0.39 is 0 Å². The molecule has 9 nitrogen and oxygen atoms in total. The molecule has 32 heavy (non-hydrogen) atoms. The molecule has 2 N–H and O–H groups in total. The van der Waals surface area contributed by atoms with Gasteiger partial charge in [-0.2, -0.15) is 5.10 Å². The first-order valence-electron chi connectivity index (χ1n) is 10.5. The van der Waals surface area contributed by atoms with Crippen molar-refractivity contribution in [1.29, 1.82) is 0 Å². The van der Waals surface area contributed by atoms with Crippen LogP contribution in [0, 0.1) is 6.92 Å². The Bertz CT molecular complexity index is 1250. The number of imidazole rings is 1. The molecule has 1 aliphatic heterocycles. The van der Waals surface area contributed by atoms with E-state index in [1.807, 2.05) is 29.8 Å². The summed E-state index contributed by atoms with van der Waals surface area (Å²) >= 11 is 1.71. The van der Waals surface area contributed by atoms with Crippen molar-refractivity contribution in [3.8, 4) is 10.6 Å². The van der Waals surface area contributed by atoms with E-state index in [1.54, 1.807) is 18.4 Å². The van der Waals surface area contributed by atoms with Crippen molar-refractivity contribution in [3.05, 3.63) is 53.2 Å². The van der Waals surface area contributed by atoms with Crippen LogP contribution in [0.3, 0.4) is 0 Å². The normalized spacial score (nSPS) is 17.2. The summed E-state index contributed by atoms with van der Waals surface area (Å²) in [4.78, 5) is 26.7. The molecular formula is C22H25N7O2S. The van der Waals surface area contributed by atoms with E-state index in [4.69, 9.17) is 9.72 Å². The Hall–Kier alpha value is -3.24. The van der Waals surface area contributed by atoms with Gasteiger partial charge in [0.1, 0.15) is 12.2 Å². The summed E-state index contributed by atoms with van der Waals surface area (Å²) in [6.07, 6.45) is 6.30. The number of methoxy groups -OCH3 is 1. The van der Waals surface area contributed by atoms with Crippen LogP contribution in [0.5, 0.6) is 0 Å². The number of aryl methyl sites for hydroxylation is 1. The van der Waals surface area contributed by atoms with Crippen LogP contribution in [0.15, 0.2) is 36.9 Å². The summed E-state index contributed by atoms with van der Waals surface area (Å²) in [6.45, 7) is 5.58. The molecule has 5 heterocycles. The van der Waals surface area contributed by atoms with Crippen molar-refractivity contribution in [2.24, 2.45) is 0 Å². The van der Waals surface area contributed by atoms with Crippen LogP contribution < -0.4 is 10.2 Å². The van der Waals surface area contributed by atoms with Gasteiger partial charge >= 0.3 is 0 Å². The standard InChI is InChI=1S/C22H25N7O2S/c1-13-4-5-19(32-13)18-9-23-21-17(28-7-6-16(11-28)31-3)8-15(10-29(18)21)22(30)26-14(2)20-24-12-25-27-20/h4-5,8-10,12,14,16H,6-7,11H2,1-3H3,(H,26,30)(H,24,25,27). The summed E-state index contributed by atoms with van der Waals surface area (Å²) in [5, 5.41) is 9.69. The van der Waals surface area contributed by atoms with Gasteiger partial charge in [-0.3, -0.25) is 14.3 Å². The lowest BCUT2D eigenvalue weighted by molar-refractivity contribution is 0.0938. The predicted octanol–water partition coefficient (Wildman–Crippen LogP) is 3.21. The molecule has 166 valence electrons. The summed E-state index contributed by atoms with van der Waals surface area (Å²) in [5.74, 6) is 0.432. The van der Waals surface area contributed by atoms with E-state index in [-0.39, 0.29) is 18.1 Å². The number of anilines is 1. The van der Waals surface area contributed by atoms with E-state index in [0.29, 0.717) is 11.4 Å². The molecule has 10 heteroatoms. The van der Waals surface area contributed by atoms with Gasteiger partial charge in [-0.15, -0.1) is 11.3 Å². The zero-order valence-electron chi connectivity index (χ0n) is 18.2. The molecule has 1 aliphatic rings. The number of nitrogens with zero attached hydrogens (tertiary/aromatic N) is 5. The minimum atomic E-state index is -0.295. The Morgan fingerprint density at radius 3 is 2.94 bits per heavy atom. The van der Waals surface area contributed by atoms with Crippen molar-refractivity contribution >= 4 is 28.6 Å². The topological polar surface area (TPSA) is 100 Å². The zero-order valence-corrected chi connectivity index (χ0v) is 19.0. The first-order chi connectivity index (χ1) is 15.5. The van der Waals surface area contributed by atoms with Gasteiger partial charge in [0.05, 0.1) is 40.2 Å². The summed E-state index contributed by atoms with van der Waals surface area (Å²) < 4.78 is 7.58. The highest BCUT2D eigenvalue weighted by molar-refractivity contribution is 7.15. The van der Waals surface area contributed by atoms with Gasteiger partial charge in [-0.25, -0.2) is 9.97 Å². The van der Waals surface area contributed by atoms with Crippen LogP contribution in [0.2, 0.25) is 0 Å². The molecule has 2 atom stereocenters. The molecular weight excluding hydrogens is 426 g/mol. The van der Waals surface area contributed by atoms with Crippen molar-refractivity contribution in [1.82, 2.24) is 29.9 Å². The number of pyridine rings is 1. The van der Waals surface area contributed by atoms with Crippen LogP contribution >= 0.6 is 11.3 Å². The van der Waals surface area contributed by atoms with Crippen molar-refractivity contribution in [3.63, 3.8) is 0 Å². The first kappa shape index (κ1) is 20.7. The van der Waals surface area contributed by atoms with Gasteiger partial charge in [-0.05, 0) is 38.5 Å². The van der Waals surface area contributed by atoms with Crippen molar-refractivity contribution in [2.75, 3.05) is 25.1 Å². The molecule has 0 spiro atoms.